The molecule has 0 saturated carbocycles. The molecule has 9 heteroatoms. The Hall–Kier alpha value is -4.01. The molecule has 2 aromatic heterocycles. The average Bonchev–Trinajstić information content (AvgIpc) is 3.43. The minimum absolute atomic E-state index is 0.0348. The predicted octanol–water partition coefficient (Wildman–Crippen LogP) is 4.26. The van der Waals surface area contributed by atoms with Gasteiger partial charge in [0.2, 0.25) is 0 Å². The van der Waals surface area contributed by atoms with E-state index in [9.17, 15) is 13.6 Å². The van der Waals surface area contributed by atoms with Crippen LogP contribution in [-0.2, 0) is 19.7 Å². The van der Waals surface area contributed by atoms with Gasteiger partial charge in [-0.05, 0) is 36.8 Å². The fraction of sp³-hybridized carbons (Fsp3) is 0.174. The quantitative estimate of drug-likeness (QED) is 0.447. The van der Waals surface area contributed by atoms with Crippen molar-refractivity contribution < 1.29 is 18.3 Å². The Morgan fingerprint density at radius 3 is 2.66 bits per heavy atom. The lowest BCUT2D eigenvalue weighted by molar-refractivity contribution is 0.102. The average molecular weight is 437 g/mol. The van der Waals surface area contributed by atoms with E-state index in [-0.39, 0.29) is 18.3 Å². The molecule has 2 heterocycles. The molecule has 7 nitrogen and oxygen atoms in total. The van der Waals surface area contributed by atoms with Crippen LogP contribution in [0, 0.1) is 11.6 Å². The van der Waals surface area contributed by atoms with Gasteiger partial charge in [0, 0.05) is 36.1 Å². The molecule has 0 bridgehead atoms. The van der Waals surface area contributed by atoms with Gasteiger partial charge in [0.25, 0.3) is 5.91 Å². The summed E-state index contributed by atoms with van der Waals surface area (Å²) in [4.78, 5) is 12.6. The second kappa shape index (κ2) is 9.42. The summed E-state index contributed by atoms with van der Waals surface area (Å²) in [5.74, 6) is -1.82. The third-order valence-electron chi connectivity index (χ3n) is 4.72. The number of nitrogens with one attached hydrogen (secondary N) is 1. The van der Waals surface area contributed by atoms with Crippen molar-refractivity contribution in [2.45, 2.75) is 26.6 Å². The van der Waals surface area contributed by atoms with Crippen molar-refractivity contribution in [2.75, 3.05) is 5.32 Å². The molecule has 0 fully saturated rings. The lowest BCUT2D eigenvalue weighted by atomic mass is 10.1. The lowest BCUT2D eigenvalue weighted by Gasteiger charge is -2.09. The molecule has 0 unspecified atom stereocenters. The summed E-state index contributed by atoms with van der Waals surface area (Å²) in [6.07, 6.45) is 7.05. The molecule has 0 spiro atoms. The van der Waals surface area contributed by atoms with Crippen LogP contribution in [0.3, 0.4) is 0 Å². The molecule has 0 aliphatic heterocycles. The summed E-state index contributed by atoms with van der Waals surface area (Å²) in [7, 11) is 0. The van der Waals surface area contributed by atoms with E-state index < -0.39 is 11.6 Å². The van der Waals surface area contributed by atoms with Crippen molar-refractivity contribution in [3.05, 3.63) is 95.6 Å². The first-order chi connectivity index (χ1) is 15.5. The number of anilines is 1. The molecule has 1 N–H and O–H groups in total. The summed E-state index contributed by atoms with van der Waals surface area (Å²) >= 11 is 0. The number of amides is 1. The van der Waals surface area contributed by atoms with Crippen LogP contribution in [0.5, 0.6) is 5.75 Å². The largest absolute Gasteiger partial charge is 0.486 e. The molecule has 0 aliphatic carbocycles. The maximum atomic E-state index is 13.7. The second-order valence-electron chi connectivity index (χ2n) is 7.15. The van der Waals surface area contributed by atoms with Gasteiger partial charge in [0.05, 0.1) is 24.6 Å². The number of halogens is 2. The number of hydrogen-bond donors (Lipinski definition) is 1. The maximum Gasteiger partial charge on any atom is 0.255 e. The van der Waals surface area contributed by atoms with Gasteiger partial charge in [0.1, 0.15) is 12.4 Å². The van der Waals surface area contributed by atoms with Gasteiger partial charge in [-0.15, -0.1) is 0 Å². The molecule has 4 rings (SSSR count). The Morgan fingerprint density at radius 2 is 1.88 bits per heavy atom. The third kappa shape index (κ3) is 5.18. The first-order valence-electron chi connectivity index (χ1n) is 10.0. The fourth-order valence-electron chi connectivity index (χ4n) is 3.12. The van der Waals surface area contributed by atoms with Crippen LogP contribution in [0.25, 0.3) is 0 Å². The molecule has 4 aromatic rings. The topological polar surface area (TPSA) is 74.0 Å². The van der Waals surface area contributed by atoms with Crippen molar-refractivity contribution >= 4 is 11.6 Å². The molecule has 0 saturated heterocycles. The Kier molecular flexibility index (Phi) is 6.25. The molecule has 32 heavy (non-hydrogen) atoms. The number of aryl methyl sites for hydroxylation is 1. The smallest absolute Gasteiger partial charge is 0.255 e. The van der Waals surface area contributed by atoms with Gasteiger partial charge in [-0.2, -0.15) is 10.2 Å². The molecule has 0 radical (unpaired) electrons. The second-order valence-corrected chi connectivity index (χ2v) is 7.15. The lowest BCUT2D eigenvalue weighted by Crippen LogP contribution is -2.12. The molecule has 0 atom stereocenters. The van der Waals surface area contributed by atoms with Crippen molar-refractivity contribution in [3.8, 4) is 5.75 Å². The van der Waals surface area contributed by atoms with Crippen LogP contribution in [0.15, 0.2) is 67.3 Å². The zero-order chi connectivity index (χ0) is 22.5. The van der Waals surface area contributed by atoms with E-state index in [2.05, 4.69) is 15.5 Å². The number of hydrogen-bond acceptors (Lipinski definition) is 4. The van der Waals surface area contributed by atoms with E-state index in [1.54, 1.807) is 47.5 Å². The summed E-state index contributed by atoms with van der Waals surface area (Å²) in [6, 6.07) is 9.90. The molecular formula is C23H21F2N5O2. The highest BCUT2D eigenvalue weighted by Crippen LogP contribution is 2.19. The highest BCUT2D eigenvalue weighted by atomic mass is 19.1. The Balaban J connectivity index is 1.37. The molecule has 0 aliphatic rings. The van der Waals surface area contributed by atoms with Gasteiger partial charge in [-0.25, -0.2) is 8.78 Å². The summed E-state index contributed by atoms with van der Waals surface area (Å²) in [5, 5.41) is 11.3. The fourth-order valence-corrected chi connectivity index (χ4v) is 3.12. The standard InChI is InChI=1S/C23H21F2N5O2/c1-2-29-12-17(10-26-29)13-30-14-20(11-27-30)28-23(31)18-5-3-4-16(8-18)15-32-22-7-6-19(24)9-21(22)25/h3-12,14H,2,13,15H2,1H3,(H,28,31). The Labute approximate surface area is 183 Å². The molecular weight excluding hydrogens is 416 g/mol. The highest BCUT2D eigenvalue weighted by Gasteiger charge is 2.10. The van der Waals surface area contributed by atoms with Gasteiger partial charge in [0.15, 0.2) is 11.6 Å². The maximum absolute atomic E-state index is 13.7. The number of ether oxygens (including phenoxy) is 1. The van der Waals surface area contributed by atoms with Crippen LogP contribution < -0.4 is 10.1 Å². The normalized spacial score (nSPS) is 10.8. The SMILES string of the molecule is CCn1cc(Cn2cc(NC(=O)c3cccc(COc4ccc(F)cc4F)c3)cn2)cn1. The number of nitrogens with zero attached hydrogens (tertiary/aromatic N) is 4. The van der Waals surface area contributed by atoms with Gasteiger partial charge >= 0.3 is 0 Å². The number of benzene rings is 2. The van der Waals surface area contributed by atoms with Crippen molar-refractivity contribution in [3.63, 3.8) is 0 Å². The van der Waals surface area contributed by atoms with E-state index in [4.69, 9.17) is 4.74 Å². The van der Waals surface area contributed by atoms with E-state index in [1.807, 2.05) is 17.8 Å². The third-order valence-corrected chi connectivity index (χ3v) is 4.72. The van der Waals surface area contributed by atoms with E-state index in [1.165, 1.54) is 6.07 Å². The van der Waals surface area contributed by atoms with Gasteiger partial charge < -0.3 is 10.1 Å². The summed E-state index contributed by atoms with van der Waals surface area (Å²) < 4.78 is 35.7. The van der Waals surface area contributed by atoms with E-state index >= 15 is 0 Å². The number of aromatic nitrogens is 4. The minimum Gasteiger partial charge on any atom is -0.486 e. The zero-order valence-electron chi connectivity index (χ0n) is 17.3. The van der Waals surface area contributed by atoms with Gasteiger partial charge in [-0.1, -0.05) is 12.1 Å². The Morgan fingerprint density at radius 1 is 1.03 bits per heavy atom. The first-order valence-corrected chi connectivity index (χ1v) is 10.0. The Bertz CT molecular complexity index is 1230. The van der Waals surface area contributed by atoms with Crippen LogP contribution in [-0.4, -0.2) is 25.5 Å². The molecule has 2 aromatic carbocycles. The van der Waals surface area contributed by atoms with E-state index in [0.717, 1.165) is 24.2 Å². The molecule has 1 amide bonds. The van der Waals surface area contributed by atoms with Crippen molar-refractivity contribution in [1.29, 1.82) is 0 Å². The number of rotatable bonds is 8. The van der Waals surface area contributed by atoms with Crippen molar-refractivity contribution in [1.82, 2.24) is 19.6 Å². The van der Waals surface area contributed by atoms with Crippen LogP contribution in [0.1, 0.15) is 28.4 Å². The van der Waals surface area contributed by atoms with Crippen LogP contribution in [0.4, 0.5) is 14.5 Å². The van der Waals surface area contributed by atoms with Crippen molar-refractivity contribution in [2.24, 2.45) is 0 Å². The molecule has 164 valence electrons. The van der Waals surface area contributed by atoms with Crippen LogP contribution in [0.2, 0.25) is 0 Å². The van der Waals surface area contributed by atoms with E-state index in [0.29, 0.717) is 23.4 Å². The van der Waals surface area contributed by atoms with Crippen LogP contribution >= 0.6 is 0 Å². The highest BCUT2D eigenvalue weighted by molar-refractivity contribution is 6.04. The summed E-state index contributed by atoms with van der Waals surface area (Å²) in [5.41, 5.74) is 2.67. The predicted molar refractivity (Wildman–Crippen MR) is 114 cm³/mol. The minimum atomic E-state index is -0.780. The summed E-state index contributed by atoms with van der Waals surface area (Å²) in [6.45, 7) is 3.39. The zero-order valence-corrected chi connectivity index (χ0v) is 17.3. The number of carbonyl (C=O) groups excluding carboxylic acids is 1. The number of carbonyl (C=O) groups is 1. The monoisotopic (exact) mass is 437 g/mol. The van der Waals surface area contributed by atoms with Gasteiger partial charge in [-0.3, -0.25) is 14.2 Å². The first kappa shape index (κ1) is 21.2.